The van der Waals surface area contributed by atoms with E-state index in [0.29, 0.717) is 11.3 Å². The minimum Gasteiger partial charge on any atom is -0.397 e. The molecule has 0 radical (unpaired) electrons. The van der Waals surface area contributed by atoms with Crippen LogP contribution in [0.2, 0.25) is 0 Å². The van der Waals surface area contributed by atoms with Crippen molar-refractivity contribution in [2.45, 2.75) is 32.1 Å². The number of anilines is 2. The average Bonchev–Trinajstić information content (AvgIpc) is 2.47. The number of nitrogen functional groups attached to an aromatic ring is 1. The van der Waals surface area contributed by atoms with Crippen molar-refractivity contribution in [1.29, 1.82) is 0 Å². The lowest BCUT2D eigenvalue weighted by Crippen LogP contribution is -2.42. The standard InChI is InChI=1S/C15H22N4O/c16-13-8-18-14(7-12(13)15(17)20)19-6-5-10-3-1-2-4-11(10)9-19/h7-8,10-11H,1-6,9,16H2,(H2,17,20). The lowest BCUT2D eigenvalue weighted by atomic mass is 9.75. The molecule has 2 aliphatic rings. The minimum atomic E-state index is -0.487. The Morgan fingerprint density at radius 1 is 1.25 bits per heavy atom. The van der Waals surface area contributed by atoms with Gasteiger partial charge in [-0.25, -0.2) is 4.98 Å². The molecule has 1 aliphatic heterocycles. The fraction of sp³-hybridized carbons (Fsp3) is 0.600. The maximum Gasteiger partial charge on any atom is 0.250 e. The Labute approximate surface area is 119 Å². The van der Waals surface area contributed by atoms with Crippen LogP contribution in [0.3, 0.4) is 0 Å². The van der Waals surface area contributed by atoms with E-state index in [2.05, 4.69) is 9.88 Å². The second-order valence-corrected chi connectivity index (χ2v) is 6.03. The van der Waals surface area contributed by atoms with Crippen LogP contribution >= 0.6 is 0 Å². The summed E-state index contributed by atoms with van der Waals surface area (Å²) >= 11 is 0. The van der Waals surface area contributed by atoms with Crippen molar-refractivity contribution in [3.8, 4) is 0 Å². The molecule has 4 N–H and O–H groups in total. The van der Waals surface area contributed by atoms with Crippen molar-refractivity contribution in [2.75, 3.05) is 23.7 Å². The van der Waals surface area contributed by atoms with Gasteiger partial charge in [-0.2, -0.15) is 0 Å². The third-order valence-electron chi connectivity index (χ3n) is 4.80. The summed E-state index contributed by atoms with van der Waals surface area (Å²) in [5.41, 5.74) is 11.8. The van der Waals surface area contributed by atoms with Crippen molar-refractivity contribution < 1.29 is 4.79 Å². The van der Waals surface area contributed by atoms with Gasteiger partial charge in [0, 0.05) is 13.1 Å². The van der Waals surface area contributed by atoms with E-state index >= 15 is 0 Å². The Balaban J connectivity index is 1.79. The first-order chi connectivity index (χ1) is 9.65. The number of pyridine rings is 1. The molecule has 1 saturated heterocycles. The molecular formula is C15H22N4O. The summed E-state index contributed by atoms with van der Waals surface area (Å²) in [7, 11) is 0. The van der Waals surface area contributed by atoms with E-state index in [1.807, 2.05) is 0 Å². The summed E-state index contributed by atoms with van der Waals surface area (Å²) in [6.07, 6.45) is 8.19. The van der Waals surface area contributed by atoms with Crippen LogP contribution in [0.15, 0.2) is 12.3 Å². The van der Waals surface area contributed by atoms with E-state index in [0.717, 1.165) is 30.7 Å². The zero-order valence-electron chi connectivity index (χ0n) is 11.7. The summed E-state index contributed by atoms with van der Waals surface area (Å²) < 4.78 is 0. The number of nitrogens with zero attached hydrogens (tertiary/aromatic N) is 2. The Kier molecular flexibility index (Phi) is 3.51. The van der Waals surface area contributed by atoms with Gasteiger partial charge in [0.2, 0.25) is 0 Å². The second-order valence-electron chi connectivity index (χ2n) is 6.03. The molecule has 1 amide bonds. The van der Waals surface area contributed by atoms with E-state index in [1.54, 1.807) is 12.3 Å². The van der Waals surface area contributed by atoms with Crippen LogP contribution in [-0.2, 0) is 0 Å². The summed E-state index contributed by atoms with van der Waals surface area (Å²) in [5.74, 6) is 1.99. The molecule has 20 heavy (non-hydrogen) atoms. The normalized spacial score (nSPS) is 26.1. The molecule has 3 rings (SSSR count). The molecule has 5 heteroatoms. The van der Waals surface area contributed by atoms with Crippen molar-refractivity contribution in [3.05, 3.63) is 17.8 Å². The number of rotatable bonds is 2. The number of nitrogens with two attached hydrogens (primary N) is 2. The molecule has 1 aliphatic carbocycles. The fourth-order valence-corrected chi connectivity index (χ4v) is 3.65. The lowest BCUT2D eigenvalue weighted by Gasteiger charge is -2.41. The molecule has 1 saturated carbocycles. The maximum atomic E-state index is 11.4. The summed E-state index contributed by atoms with van der Waals surface area (Å²) in [4.78, 5) is 18.0. The number of piperidine rings is 1. The Morgan fingerprint density at radius 3 is 2.75 bits per heavy atom. The Morgan fingerprint density at radius 2 is 2.00 bits per heavy atom. The predicted octanol–water partition coefficient (Wildman–Crippen LogP) is 1.78. The first kappa shape index (κ1) is 13.2. The van der Waals surface area contributed by atoms with Gasteiger partial charge in [-0.15, -0.1) is 0 Å². The van der Waals surface area contributed by atoms with E-state index < -0.39 is 5.91 Å². The lowest BCUT2D eigenvalue weighted by molar-refractivity contribution is 0.100. The minimum absolute atomic E-state index is 0.355. The first-order valence-electron chi connectivity index (χ1n) is 7.45. The highest BCUT2D eigenvalue weighted by atomic mass is 16.1. The zero-order chi connectivity index (χ0) is 14.1. The van der Waals surface area contributed by atoms with Crippen LogP contribution in [0.1, 0.15) is 42.5 Å². The number of carbonyl (C=O) groups excluding carboxylic acids is 1. The van der Waals surface area contributed by atoms with Gasteiger partial charge < -0.3 is 16.4 Å². The number of amides is 1. The number of aromatic nitrogens is 1. The number of fused-ring (bicyclic) bond motifs is 1. The van der Waals surface area contributed by atoms with Gasteiger partial charge in [0.25, 0.3) is 5.91 Å². The SMILES string of the molecule is NC(=O)c1cc(N2CCC3CCCCC3C2)ncc1N. The summed E-state index contributed by atoms with van der Waals surface area (Å²) in [6.45, 7) is 2.05. The summed E-state index contributed by atoms with van der Waals surface area (Å²) in [5, 5.41) is 0. The molecule has 1 aromatic rings. The van der Waals surface area contributed by atoms with E-state index in [1.165, 1.54) is 32.1 Å². The van der Waals surface area contributed by atoms with Crippen molar-refractivity contribution in [2.24, 2.45) is 17.6 Å². The fourth-order valence-electron chi connectivity index (χ4n) is 3.65. The highest BCUT2D eigenvalue weighted by Crippen LogP contribution is 2.37. The molecule has 1 aromatic heterocycles. The van der Waals surface area contributed by atoms with Gasteiger partial charge in [-0.1, -0.05) is 19.3 Å². The molecule has 0 bridgehead atoms. The average molecular weight is 274 g/mol. The third-order valence-corrected chi connectivity index (χ3v) is 4.80. The molecular weight excluding hydrogens is 252 g/mol. The van der Waals surface area contributed by atoms with Crippen LogP contribution < -0.4 is 16.4 Å². The quantitative estimate of drug-likeness (QED) is 0.860. The topological polar surface area (TPSA) is 85.2 Å². The molecule has 2 unspecified atom stereocenters. The van der Waals surface area contributed by atoms with Gasteiger partial charge in [-0.3, -0.25) is 4.79 Å². The van der Waals surface area contributed by atoms with Gasteiger partial charge >= 0.3 is 0 Å². The van der Waals surface area contributed by atoms with Crippen LogP contribution in [0.4, 0.5) is 11.5 Å². The third kappa shape index (κ3) is 2.44. The predicted molar refractivity (Wildman–Crippen MR) is 79.4 cm³/mol. The molecule has 0 spiro atoms. The largest absolute Gasteiger partial charge is 0.397 e. The van der Waals surface area contributed by atoms with E-state index in [9.17, 15) is 4.79 Å². The monoisotopic (exact) mass is 274 g/mol. The molecule has 2 fully saturated rings. The van der Waals surface area contributed by atoms with Crippen LogP contribution in [0.25, 0.3) is 0 Å². The van der Waals surface area contributed by atoms with Gasteiger partial charge in [0.05, 0.1) is 17.4 Å². The van der Waals surface area contributed by atoms with Gasteiger partial charge in [0.1, 0.15) is 5.82 Å². The number of carbonyl (C=O) groups is 1. The number of primary amides is 1. The Bertz CT molecular complexity index is 517. The maximum absolute atomic E-state index is 11.4. The molecule has 2 atom stereocenters. The zero-order valence-corrected chi connectivity index (χ0v) is 11.7. The van der Waals surface area contributed by atoms with Crippen LogP contribution in [0, 0.1) is 11.8 Å². The van der Waals surface area contributed by atoms with Crippen LogP contribution in [0.5, 0.6) is 0 Å². The number of hydrogen-bond acceptors (Lipinski definition) is 4. The first-order valence-corrected chi connectivity index (χ1v) is 7.45. The molecule has 2 heterocycles. The van der Waals surface area contributed by atoms with Crippen molar-refractivity contribution in [1.82, 2.24) is 4.98 Å². The second kappa shape index (κ2) is 5.31. The van der Waals surface area contributed by atoms with Crippen molar-refractivity contribution in [3.63, 3.8) is 0 Å². The van der Waals surface area contributed by atoms with Gasteiger partial charge in [0.15, 0.2) is 0 Å². The number of hydrogen-bond donors (Lipinski definition) is 2. The highest BCUT2D eigenvalue weighted by molar-refractivity contribution is 5.98. The summed E-state index contributed by atoms with van der Waals surface area (Å²) in [6, 6.07) is 1.74. The van der Waals surface area contributed by atoms with Gasteiger partial charge in [-0.05, 0) is 30.7 Å². The van der Waals surface area contributed by atoms with E-state index in [-0.39, 0.29) is 0 Å². The van der Waals surface area contributed by atoms with Crippen LogP contribution in [-0.4, -0.2) is 24.0 Å². The van der Waals surface area contributed by atoms with Crippen molar-refractivity contribution >= 4 is 17.4 Å². The Hall–Kier alpha value is -1.78. The smallest absolute Gasteiger partial charge is 0.250 e. The van der Waals surface area contributed by atoms with E-state index in [4.69, 9.17) is 11.5 Å². The molecule has 108 valence electrons. The molecule has 0 aromatic carbocycles. The molecule has 5 nitrogen and oxygen atoms in total. The highest BCUT2D eigenvalue weighted by Gasteiger charge is 2.31.